The molecule has 1 rings (SSSR count). The van der Waals surface area contributed by atoms with E-state index in [0.29, 0.717) is 0 Å². The number of rotatable bonds is 4. The van der Waals surface area contributed by atoms with Gasteiger partial charge in [-0.3, -0.25) is 0 Å². The Bertz CT molecular complexity index is 350. The van der Waals surface area contributed by atoms with Gasteiger partial charge in [-0.1, -0.05) is 0 Å². The van der Waals surface area contributed by atoms with E-state index in [1.165, 1.54) is 6.26 Å². The summed E-state index contributed by atoms with van der Waals surface area (Å²) in [4.78, 5) is 0. The first-order valence-electron chi connectivity index (χ1n) is 5.69. The maximum absolute atomic E-state index is 9.10. The summed E-state index contributed by atoms with van der Waals surface area (Å²) in [7, 11) is -1.73. The van der Waals surface area contributed by atoms with Crippen LogP contribution in [-0.4, -0.2) is 38.8 Å². The SMILES string of the molecule is CC(C)(O)C(C)(C)O.OB(O)O/C=C/c1ccsc1. The molecule has 1 aromatic heterocycles. The molecule has 0 bridgehead atoms. The second-order valence-electron chi connectivity index (χ2n) is 4.94. The van der Waals surface area contributed by atoms with Crippen LogP contribution in [0.15, 0.2) is 23.1 Å². The maximum Gasteiger partial charge on any atom is 0.707 e. The van der Waals surface area contributed by atoms with E-state index in [4.69, 9.17) is 20.3 Å². The fourth-order valence-electron chi connectivity index (χ4n) is 0.558. The summed E-state index contributed by atoms with van der Waals surface area (Å²) in [5.74, 6) is 0. The average molecular weight is 288 g/mol. The molecule has 0 aliphatic heterocycles. The van der Waals surface area contributed by atoms with Crippen molar-refractivity contribution >= 4 is 24.7 Å². The second-order valence-corrected chi connectivity index (χ2v) is 5.72. The van der Waals surface area contributed by atoms with Gasteiger partial charge in [-0.05, 0) is 56.2 Å². The van der Waals surface area contributed by atoms with Crippen LogP contribution in [0.3, 0.4) is 0 Å². The lowest BCUT2D eigenvalue weighted by Crippen LogP contribution is -2.44. The molecule has 0 aliphatic rings. The Morgan fingerprint density at radius 2 is 1.68 bits per heavy atom. The Morgan fingerprint density at radius 1 is 1.16 bits per heavy atom. The van der Waals surface area contributed by atoms with Crippen molar-refractivity contribution in [1.82, 2.24) is 0 Å². The molecule has 4 N–H and O–H groups in total. The highest BCUT2D eigenvalue weighted by molar-refractivity contribution is 7.08. The van der Waals surface area contributed by atoms with E-state index in [1.54, 1.807) is 45.1 Å². The van der Waals surface area contributed by atoms with Crippen molar-refractivity contribution < 1.29 is 24.9 Å². The van der Waals surface area contributed by atoms with E-state index in [0.717, 1.165) is 5.56 Å². The van der Waals surface area contributed by atoms with E-state index in [-0.39, 0.29) is 0 Å². The Balaban J connectivity index is 0.000000362. The predicted octanol–water partition coefficient (Wildman–Crippen LogP) is 1.23. The van der Waals surface area contributed by atoms with Crippen molar-refractivity contribution in [3.05, 3.63) is 28.7 Å². The van der Waals surface area contributed by atoms with Gasteiger partial charge in [-0.2, -0.15) is 11.3 Å². The van der Waals surface area contributed by atoms with Gasteiger partial charge < -0.3 is 24.9 Å². The molecule has 7 heteroatoms. The molecule has 0 aliphatic carbocycles. The highest BCUT2D eigenvalue weighted by Crippen LogP contribution is 2.19. The third kappa shape index (κ3) is 8.80. The molecule has 0 atom stereocenters. The van der Waals surface area contributed by atoms with E-state index < -0.39 is 18.5 Å². The van der Waals surface area contributed by atoms with Gasteiger partial charge in [0.25, 0.3) is 0 Å². The van der Waals surface area contributed by atoms with Crippen LogP contribution in [0.5, 0.6) is 0 Å². The van der Waals surface area contributed by atoms with Gasteiger partial charge in [0.2, 0.25) is 0 Å². The first-order valence-corrected chi connectivity index (χ1v) is 6.63. The fourth-order valence-corrected chi connectivity index (χ4v) is 1.19. The summed E-state index contributed by atoms with van der Waals surface area (Å²) < 4.78 is 4.35. The third-order valence-corrected chi connectivity index (χ3v) is 3.20. The molecule has 1 heterocycles. The van der Waals surface area contributed by atoms with Crippen molar-refractivity contribution in [3.8, 4) is 0 Å². The van der Waals surface area contributed by atoms with Crippen LogP contribution in [0, 0.1) is 0 Å². The lowest BCUT2D eigenvalue weighted by atomic mass is 9.90. The van der Waals surface area contributed by atoms with Crippen LogP contribution in [0.1, 0.15) is 33.3 Å². The van der Waals surface area contributed by atoms with Gasteiger partial charge in [0, 0.05) is 0 Å². The van der Waals surface area contributed by atoms with E-state index >= 15 is 0 Å². The molecule has 0 radical (unpaired) electrons. The van der Waals surface area contributed by atoms with Gasteiger partial charge in [-0.25, -0.2) is 0 Å². The zero-order valence-corrected chi connectivity index (χ0v) is 12.4. The van der Waals surface area contributed by atoms with Crippen molar-refractivity contribution in [1.29, 1.82) is 0 Å². The van der Waals surface area contributed by atoms with Crippen LogP contribution in [0.2, 0.25) is 0 Å². The minimum absolute atomic E-state index is 0.982. The highest BCUT2D eigenvalue weighted by Gasteiger charge is 2.31. The monoisotopic (exact) mass is 288 g/mol. The summed E-state index contributed by atoms with van der Waals surface area (Å²) in [6, 6.07) is 1.90. The quantitative estimate of drug-likeness (QED) is 0.494. The van der Waals surface area contributed by atoms with Crippen molar-refractivity contribution in [2.75, 3.05) is 0 Å². The van der Waals surface area contributed by atoms with E-state index in [1.807, 2.05) is 16.8 Å². The Morgan fingerprint density at radius 3 is 2.00 bits per heavy atom. The second kappa shape index (κ2) is 7.67. The third-order valence-electron chi connectivity index (χ3n) is 2.50. The molecule has 0 aromatic carbocycles. The molecule has 1 aromatic rings. The Hall–Kier alpha value is -0.855. The molecule has 0 fully saturated rings. The normalized spacial score (nSPS) is 12.0. The van der Waals surface area contributed by atoms with Gasteiger partial charge in [0.05, 0.1) is 17.5 Å². The smallest absolute Gasteiger partial charge is 0.518 e. The summed E-state index contributed by atoms with van der Waals surface area (Å²) in [6.07, 6.45) is 2.89. The van der Waals surface area contributed by atoms with Crippen LogP contribution < -0.4 is 0 Å². The van der Waals surface area contributed by atoms with Crippen LogP contribution in [-0.2, 0) is 4.65 Å². The first-order chi connectivity index (χ1) is 8.54. The molecule has 5 nitrogen and oxygen atoms in total. The zero-order valence-electron chi connectivity index (χ0n) is 11.6. The Kier molecular flexibility index (Phi) is 7.32. The molecule has 0 unspecified atom stereocenters. The number of aliphatic hydroxyl groups is 2. The molecule has 108 valence electrons. The number of thiophene rings is 1. The standard InChI is InChI=1S/C6H7BO3S.C6H14O2/c8-7(9)10-3-1-6-2-4-11-5-6;1-5(2,7)6(3,4)8/h1-5,8-9H;7-8H,1-4H3/b3-1+;. The molecule has 0 saturated carbocycles. The van der Waals surface area contributed by atoms with Gasteiger partial charge in [0.1, 0.15) is 0 Å². The summed E-state index contributed by atoms with van der Waals surface area (Å²) in [6.45, 7) is 6.31. The van der Waals surface area contributed by atoms with Gasteiger partial charge in [-0.15, -0.1) is 0 Å². The van der Waals surface area contributed by atoms with E-state index in [2.05, 4.69) is 4.65 Å². The highest BCUT2D eigenvalue weighted by atomic mass is 32.1. The topological polar surface area (TPSA) is 90.2 Å². The van der Waals surface area contributed by atoms with Crippen LogP contribution in [0.25, 0.3) is 6.08 Å². The summed E-state index contributed by atoms with van der Waals surface area (Å²) >= 11 is 1.57. The molecule has 0 saturated heterocycles. The number of hydrogen-bond donors (Lipinski definition) is 4. The summed E-state index contributed by atoms with van der Waals surface area (Å²) in [5, 5.41) is 38.6. The van der Waals surface area contributed by atoms with Crippen LogP contribution >= 0.6 is 11.3 Å². The van der Waals surface area contributed by atoms with Crippen molar-refractivity contribution in [2.45, 2.75) is 38.9 Å². The lowest BCUT2D eigenvalue weighted by Gasteiger charge is -2.31. The van der Waals surface area contributed by atoms with Crippen molar-refractivity contribution in [2.24, 2.45) is 0 Å². The predicted molar refractivity (Wildman–Crippen MR) is 77.2 cm³/mol. The first kappa shape index (κ1) is 18.1. The molecule has 19 heavy (non-hydrogen) atoms. The molecule has 0 amide bonds. The molecular formula is C12H21BO5S. The Labute approximate surface area is 118 Å². The fraction of sp³-hybridized carbons (Fsp3) is 0.500. The van der Waals surface area contributed by atoms with Crippen molar-refractivity contribution in [3.63, 3.8) is 0 Å². The summed E-state index contributed by atoms with van der Waals surface area (Å²) in [5.41, 5.74) is -1.03. The average Bonchev–Trinajstić information content (AvgIpc) is 2.67. The number of hydrogen-bond acceptors (Lipinski definition) is 6. The largest absolute Gasteiger partial charge is 0.707 e. The van der Waals surface area contributed by atoms with Gasteiger partial charge >= 0.3 is 7.32 Å². The minimum atomic E-state index is -1.73. The van der Waals surface area contributed by atoms with Gasteiger partial charge in [0.15, 0.2) is 0 Å². The van der Waals surface area contributed by atoms with E-state index in [9.17, 15) is 0 Å². The van der Waals surface area contributed by atoms with Crippen LogP contribution in [0.4, 0.5) is 0 Å². The molecular weight excluding hydrogens is 267 g/mol. The lowest BCUT2D eigenvalue weighted by molar-refractivity contribution is -0.107. The zero-order chi connectivity index (χ0) is 15.1. The maximum atomic E-state index is 9.10. The minimum Gasteiger partial charge on any atom is -0.518 e. The molecule has 0 spiro atoms.